The van der Waals surface area contributed by atoms with Gasteiger partial charge in [-0.25, -0.2) is 4.98 Å². The molecule has 0 amide bonds. The molecular formula is C14H14BrN3O. The van der Waals surface area contributed by atoms with E-state index in [0.717, 1.165) is 41.4 Å². The summed E-state index contributed by atoms with van der Waals surface area (Å²) < 4.78 is 0.911. The first-order valence-electron chi connectivity index (χ1n) is 6.48. The van der Waals surface area contributed by atoms with Gasteiger partial charge in [0.1, 0.15) is 5.69 Å². The molecule has 0 radical (unpaired) electrons. The molecule has 0 saturated carbocycles. The van der Waals surface area contributed by atoms with Crippen molar-refractivity contribution in [1.29, 1.82) is 0 Å². The maximum Gasteiger partial charge on any atom is 0.254 e. The Hall–Kier alpha value is -1.49. The molecule has 0 unspecified atom stereocenters. The SMILES string of the molecule is O=c1[nH]c(-c2ccc(Br)cn2)nc2c1CCCCC2. The second-order valence-electron chi connectivity index (χ2n) is 4.76. The van der Waals surface area contributed by atoms with E-state index in [9.17, 15) is 4.79 Å². The molecule has 5 heteroatoms. The Morgan fingerprint density at radius 2 is 2.00 bits per heavy atom. The summed E-state index contributed by atoms with van der Waals surface area (Å²) in [5.74, 6) is 0.568. The third-order valence-electron chi connectivity index (χ3n) is 3.41. The van der Waals surface area contributed by atoms with Crippen LogP contribution in [0, 0.1) is 0 Å². The van der Waals surface area contributed by atoms with Gasteiger partial charge in [0.25, 0.3) is 5.56 Å². The highest BCUT2D eigenvalue weighted by molar-refractivity contribution is 9.10. The molecule has 2 aromatic heterocycles. The number of pyridine rings is 1. The molecule has 4 nitrogen and oxygen atoms in total. The number of fused-ring (bicyclic) bond motifs is 1. The molecule has 98 valence electrons. The van der Waals surface area contributed by atoms with Crippen LogP contribution in [0.3, 0.4) is 0 Å². The molecule has 1 aliphatic carbocycles. The van der Waals surface area contributed by atoms with E-state index >= 15 is 0 Å². The summed E-state index contributed by atoms with van der Waals surface area (Å²) in [4.78, 5) is 23.9. The Bertz CT molecular complexity index is 649. The first-order chi connectivity index (χ1) is 9.24. The summed E-state index contributed by atoms with van der Waals surface area (Å²) in [5, 5.41) is 0. The Balaban J connectivity index is 2.08. The fraction of sp³-hybridized carbons (Fsp3) is 0.357. The van der Waals surface area contributed by atoms with Gasteiger partial charge < -0.3 is 4.98 Å². The molecule has 0 aromatic carbocycles. The summed E-state index contributed by atoms with van der Waals surface area (Å²) >= 11 is 3.35. The second-order valence-corrected chi connectivity index (χ2v) is 5.68. The van der Waals surface area contributed by atoms with Gasteiger partial charge in [0.05, 0.1) is 5.69 Å². The first kappa shape index (κ1) is 12.5. The highest BCUT2D eigenvalue weighted by Gasteiger charge is 2.15. The standard InChI is InChI=1S/C14H14BrN3O/c15-9-6-7-12(16-8-9)13-17-11-5-3-1-2-4-10(11)14(19)18-13/h6-8H,1-5H2,(H,17,18,19). The highest BCUT2D eigenvalue weighted by atomic mass is 79.9. The minimum Gasteiger partial charge on any atom is -0.305 e. The minimum absolute atomic E-state index is 0.00776. The molecule has 1 aliphatic rings. The van der Waals surface area contributed by atoms with E-state index < -0.39 is 0 Å². The van der Waals surface area contributed by atoms with Crippen LogP contribution in [0.4, 0.5) is 0 Å². The van der Waals surface area contributed by atoms with Crippen molar-refractivity contribution < 1.29 is 0 Å². The zero-order valence-electron chi connectivity index (χ0n) is 10.4. The molecule has 0 aliphatic heterocycles. The van der Waals surface area contributed by atoms with Crippen molar-refractivity contribution in [3.8, 4) is 11.5 Å². The number of hydrogen-bond acceptors (Lipinski definition) is 3. The smallest absolute Gasteiger partial charge is 0.254 e. The van der Waals surface area contributed by atoms with Crippen LogP contribution in [0.25, 0.3) is 11.5 Å². The van der Waals surface area contributed by atoms with Gasteiger partial charge in [-0.05, 0) is 53.7 Å². The highest BCUT2D eigenvalue weighted by Crippen LogP contribution is 2.19. The third-order valence-corrected chi connectivity index (χ3v) is 3.88. The van der Waals surface area contributed by atoms with Crippen molar-refractivity contribution in [2.75, 3.05) is 0 Å². The molecule has 0 atom stereocenters. The van der Waals surface area contributed by atoms with Gasteiger partial charge in [-0.3, -0.25) is 9.78 Å². The lowest BCUT2D eigenvalue weighted by molar-refractivity contribution is 0.708. The number of hydrogen-bond donors (Lipinski definition) is 1. The van der Waals surface area contributed by atoms with Crippen LogP contribution >= 0.6 is 15.9 Å². The number of aromatic amines is 1. The molecule has 0 spiro atoms. The molecule has 2 heterocycles. The van der Waals surface area contributed by atoms with E-state index in [4.69, 9.17) is 0 Å². The zero-order chi connectivity index (χ0) is 13.2. The number of nitrogens with one attached hydrogen (secondary N) is 1. The molecule has 1 N–H and O–H groups in total. The lowest BCUT2D eigenvalue weighted by Gasteiger charge is -2.06. The van der Waals surface area contributed by atoms with Gasteiger partial charge in [0.15, 0.2) is 5.82 Å². The normalized spacial score (nSPS) is 14.8. The van der Waals surface area contributed by atoms with Crippen LogP contribution in [0.15, 0.2) is 27.6 Å². The van der Waals surface area contributed by atoms with Gasteiger partial charge in [0.2, 0.25) is 0 Å². The Morgan fingerprint density at radius 3 is 2.79 bits per heavy atom. The molecule has 0 saturated heterocycles. The van der Waals surface area contributed by atoms with E-state index in [1.165, 1.54) is 6.42 Å². The van der Waals surface area contributed by atoms with Crippen molar-refractivity contribution in [3.63, 3.8) is 0 Å². The topological polar surface area (TPSA) is 58.6 Å². The predicted molar refractivity (Wildman–Crippen MR) is 77.0 cm³/mol. The van der Waals surface area contributed by atoms with Crippen LogP contribution < -0.4 is 5.56 Å². The van der Waals surface area contributed by atoms with Crippen molar-refractivity contribution >= 4 is 15.9 Å². The molecule has 2 aromatic rings. The fourth-order valence-corrected chi connectivity index (χ4v) is 2.65. The summed E-state index contributed by atoms with van der Waals surface area (Å²) in [6.07, 6.45) is 6.79. The Kier molecular flexibility index (Phi) is 3.46. The second kappa shape index (κ2) is 5.25. The summed E-state index contributed by atoms with van der Waals surface area (Å²) in [6, 6.07) is 3.75. The van der Waals surface area contributed by atoms with Gasteiger partial charge in [-0.15, -0.1) is 0 Å². The number of rotatable bonds is 1. The zero-order valence-corrected chi connectivity index (χ0v) is 12.0. The monoisotopic (exact) mass is 319 g/mol. The first-order valence-corrected chi connectivity index (χ1v) is 7.27. The van der Waals surface area contributed by atoms with Gasteiger partial charge in [-0.1, -0.05) is 6.42 Å². The number of halogens is 1. The van der Waals surface area contributed by atoms with Gasteiger partial charge >= 0.3 is 0 Å². The summed E-state index contributed by atoms with van der Waals surface area (Å²) in [5.41, 5.74) is 2.50. The van der Waals surface area contributed by atoms with Crippen molar-refractivity contribution in [1.82, 2.24) is 15.0 Å². The lowest BCUT2D eigenvalue weighted by atomic mass is 10.1. The number of aryl methyl sites for hydroxylation is 1. The largest absolute Gasteiger partial charge is 0.305 e. The lowest BCUT2D eigenvalue weighted by Crippen LogP contribution is -2.18. The summed E-state index contributed by atoms with van der Waals surface area (Å²) in [7, 11) is 0. The fourth-order valence-electron chi connectivity index (χ4n) is 2.42. The van der Waals surface area contributed by atoms with Gasteiger partial charge in [0, 0.05) is 16.2 Å². The van der Waals surface area contributed by atoms with Crippen LogP contribution in [0.5, 0.6) is 0 Å². The van der Waals surface area contributed by atoms with Crippen LogP contribution in [-0.4, -0.2) is 15.0 Å². The quantitative estimate of drug-likeness (QED) is 0.822. The molecular weight excluding hydrogens is 306 g/mol. The molecule has 0 bridgehead atoms. The summed E-state index contributed by atoms with van der Waals surface area (Å²) in [6.45, 7) is 0. The van der Waals surface area contributed by atoms with E-state index in [-0.39, 0.29) is 5.56 Å². The Morgan fingerprint density at radius 1 is 1.16 bits per heavy atom. The molecule has 19 heavy (non-hydrogen) atoms. The average molecular weight is 320 g/mol. The van der Waals surface area contributed by atoms with E-state index in [2.05, 4.69) is 30.9 Å². The van der Waals surface area contributed by atoms with Crippen molar-refractivity contribution in [3.05, 3.63) is 44.4 Å². The number of aromatic nitrogens is 3. The van der Waals surface area contributed by atoms with Gasteiger partial charge in [-0.2, -0.15) is 0 Å². The molecule has 3 rings (SSSR count). The Labute approximate surface area is 119 Å². The average Bonchev–Trinajstić information content (AvgIpc) is 2.65. The predicted octanol–water partition coefficient (Wildman–Crippen LogP) is 2.86. The third kappa shape index (κ3) is 2.61. The molecule has 0 fully saturated rings. The van der Waals surface area contributed by atoms with Crippen LogP contribution in [0.1, 0.15) is 30.5 Å². The van der Waals surface area contributed by atoms with E-state index in [0.29, 0.717) is 11.5 Å². The van der Waals surface area contributed by atoms with Crippen LogP contribution in [0.2, 0.25) is 0 Å². The van der Waals surface area contributed by atoms with Crippen molar-refractivity contribution in [2.45, 2.75) is 32.1 Å². The van der Waals surface area contributed by atoms with Crippen LogP contribution in [-0.2, 0) is 12.8 Å². The maximum atomic E-state index is 12.1. The number of H-pyrrole nitrogens is 1. The maximum absolute atomic E-state index is 12.1. The van der Waals surface area contributed by atoms with E-state index in [1.54, 1.807) is 6.20 Å². The van der Waals surface area contributed by atoms with E-state index in [1.807, 2.05) is 12.1 Å². The number of nitrogens with zero attached hydrogens (tertiary/aromatic N) is 2. The minimum atomic E-state index is -0.00776. The van der Waals surface area contributed by atoms with Crippen molar-refractivity contribution in [2.24, 2.45) is 0 Å².